The molecule has 0 bridgehead atoms. The summed E-state index contributed by atoms with van der Waals surface area (Å²) < 4.78 is 5.26. The molecule has 22 heavy (non-hydrogen) atoms. The number of carbonyl (C=O) groups excluding carboxylic acids is 2. The molecule has 5 heteroatoms. The fourth-order valence-electron chi connectivity index (χ4n) is 3.17. The van der Waals surface area contributed by atoms with Crippen LogP contribution in [0.4, 0.5) is 11.4 Å². The zero-order valence-electron chi connectivity index (χ0n) is 13.1. The Morgan fingerprint density at radius 2 is 2.05 bits per heavy atom. The van der Waals surface area contributed by atoms with Crippen molar-refractivity contribution in [2.24, 2.45) is 0 Å². The first-order chi connectivity index (χ1) is 10.5. The van der Waals surface area contributed by atoms with Gasteiger partial charge in [0.1, 0.15) is 11.3 Å². The van der Waals surface area contributed by atoms with E-state index in [1.807, 2.05) is 18.2 Å². The molecule has 0 radical (unpaired) electrons. The van der Waals surface area contributed by atoms with Gasteiger partial charge in [-0.2, -0.15) is 0 Å². The minimum absolute atomic E-state index is 0.0405. The van der Waals surface area contributed by atoms with Crippen LogP contribution in [0.2, 0.25) is 0 Å². The molecular weight excluding hydrogens is 280 g/mol. The third kappa shape index (κ3) is 2.17. The maximum absolute atomic E-state index is 12.5. The van der Waals surface area contributed by atoms with Crippen molar-refractivity contribution in [1.82, 2.24) is 0 Å². The Bertz CT molecular complexity index is 693. The minimum atomic E-state index is -1.02. The van der Waals surface area contributed by atoms with Crippen LogP contribution in [0.25, 0.3) is 0 Å². The highest BCUT2D eigenvalue weighted by Gasteiger charge is 2.43. The highest BCUT2D eigenvalue weighted by atomic mass is 16.5. The van der Waals surface area contributed by atoms with Gasteiger partial charge in [-0.05, 0) is 38.8 Å². The first kappa shape index (κ1) is 14.6. The number of fused-ring (bicyclic) bond motifs is 1. The van der Waals surface area contributed by atoms with E-state index in [1.165, 1.54) is 6.92 Å². The van der Waals surface area contributed by atoms with Gasteiger partial charge in [0.2, 0.25) is 0 Å². The number of anilines is 2. The third-order valence-electron chi connectivity index (χ3n) is 4.51. The summed E-state index contributed by atoms with van der Waals surface area (Å²) in [7, 11) is 1.60. The number of benzene rings is 1. The summed E-state index contributed by atoms with van der Waals surface area (Å²) in [4.78, 5) is 24.8. The van der Waals surface area contributed by atoms with Gasteiger partial charge >= 0.3 is 0 Å². The number of Topliss-reactive ketones (excluding diaryl/α,β-unsaturated/α-hetero) is 2. The molecule has 0 fully saturated rings. The summed E-state index contributed by atoms with van der Waals surface area (Å²) in [5.41, 5.74) is 2.02. The molecule has 0 amide bonds. The van der Waals surface area contributed by atoms with Gasteiger partial charge in [0.15, 0.2) is 11.6 Å². The van der Waals surface area contributed by atoms with Gasteiger partial charge in [-0.3, -0.25) is 9.59 Å². The van der Waals surface area contributed by atoms with Crippen LogP contribution in [0.3, 0.4) is 0 Å². The smallest absolute Gasteiger partial charge is 0.163 e. The lowest BCUT2D eigenvalue weighted by Crippen LogP contribution is -2.47. The lowest BCUT2D eigenvalue weighted by molar-refractivity contribution is -0.123. The van der Waals surface area contributed by atoms with Crippen molar-refractivity contribution in [3.63, 3.8) is 0 Å². The number of rotatable bonds is 2. The molecule has 0 saturated carbocycles. The third-order valence-corrected chi connectivity index (χ3v) is 4.51. The highest BCUT2D eigenvalue weighted by Crippen LogP contribution is 2.40. The predicted molar refractivity (Wildman–Crippen MR) is 85.2 cm³/mol. The van der Waals surface area contributed by atoms with Crippen molar-refractivity contribution >= 4 is 22.9 Å². The maximum Gasteiger partial charge on any atom is 0.163 e. The van der Waals surface area contributed by atoms with Crippen molar-refractivity contribution < 1.29 is 14.3 Å². The Hall–Kier alpha value is -2.30. The molecule has 1 aliphatic carbocycles. The van der Waals surface area contributed by atoms with Crippen LogP contribution in [0, 0.1) is 0 Å². The molecule has 116 valence electrons. The van der Waals surface area contributed by atoms with E-state index < -0.39 is 5.54 Å². The van der Waals surface area contributed by atoms with Crippen molar-refractivity contribution in [1.29, 1.82) is 0 Å². The van der Waals surface area contributed by atoms with Crippen LogP contribution in [0.15, 0.2) is 29.5 Å². The van der Waals surface area contributed by atoms with E-state index in [0.29, 0.717) is 17.7 Å². The Morgan fingerprint density at radius 3 is 2.73 bits per heavy atom. The molecule has 1 aromatic carbocycles. The number of methoxy groups -OCH3 is 1. The van der Waals surface area contributed by atoms with Crippen molar-refractivity contribution in [3.8, 4) is 5.75 Å². The van der Waals surface area contributed by atoms with Gasteiger partial charge < -0.3 is 15.4 Å². The monoisotopic (exact) mass is 300 g/mol. The standard InChI is InChI=1S/C17H20N2O3/c1-10(20)17(2)16-13(5-4-6-15(16)21)18-12-8-7-11(22-3)9-14(12)19-17/h7-9,18-19H,4-6H2,1-3H3. The predicted octanol–water partition coefficient (Wildman–Crippen LogP) is 2.89. The van der Waals surface area contributed by atoms with Gasteiger partial charge in [-0.1, -0.05) is 0 Å². The largest absolute Gasteiger partial charge is 0.497 e. The average molecular weight is 300 g/mol. The van der Waals surface area contributed by atoms with Gasteiger partial charge in [0, 0.05) is 23.8 Å². The molecule has 0 saturated heterocycles. The second kappa shape index (κ2) is 5.16. The molecule has 3 rings (SSSR count). The summed E-state index contributed by atoms with van der Waals surface area (Å²) in [5.74, 6) is 0.664. The van der Waals surface area contributed by atoms with Crippen molar-refractivity contribution in [2.75, 3.05) is 17.7 Å². The fraction of sp³-hybridized carbons (Fsp3) is 0.412. The summed E-state index contributed by atoms with van der Waals surface area (Å²) >= 11 is 0. The van der Waals surface area contributed by atoms with Crippen LogP contribution >= 0.6 is 0 Å². The number of hydrogen-bond donors (Lipinski definition) is 2. The number of hydrogen-bond acceptors (Lipinski definition) is 5. The van der Waals surface area contributed by atoms with Crippen LogP contribution in [-0.2, 0) is 9.59 Å². The van der Waals surface area contributed by atoms with E-state index in [2.05, 4.69) is 10.6 Å². The number of ketones is 2. The Balaban J connectivity index is 2.18. The molecule has 1 heterocycles. The normalized spacial score (nSPS) is 23.7. The molecular formula is C17H20N2O3. The number of allylic oxidation sites excluding steroid dienone is 1. The van der Waals surface area contributed by atoms with E-state index in [4.69, 9.17) is 4.74 Å². The van der Waals surface area contributed by atoms with E-state index in [0.717, 1.165) is 29.9 Å². The van der Waals surface area contributed by atoms with Crippen molar-refractivity contribution in [2.45, 2.75) is 38.6 Å². The summed E-state index contributed by atoms with van der Waals surface area (Å²) in [5, 5.41) is 6.61. The Kier molecular flexibility index (Phi) is 3.43. The molecule has 1 aliphatic heterocycles. The van der Waals surface area contributed by atoms with Crippen LogP contribution in [0.5, 0.6) is 5.75 Å². The first-order valence-electron chi connectivity index (χ1n) is 7.47. The van der Waals surface area contributed by atoms with E-state index >= 15 is 0 Å². The van der Waals surface area contributed by atoms with Gasteiger partial charge in [-0.15, -0.1) is 0 Å². The van der Waals surface area contributed by atoms with Gasteiger partial charge in [-0.25, -0.2) is 0 Å². The first-order valence-corrected chi connectivity index (χ1v) is 7.47. The fourth-order valence-corrected chi connectivity index (χ4v) is 3.17. The second-order valence-corrected chi connectivity index (χ2v) is 5.97. The lowest BCUT2D eigenvalue weighted by atomic mass is 9.79. The Labute approximate surface area is 129 Å². The van der Waals surface area contributed by atoms with Crippen LogP contribution in [0.1, 0.15) is 33.1 Å². The molecule has 0 spiro atoms. The SMILES string of the molecule is COc1ccc2c(c1)NC(C)(C(C)=O)C1=C(CCCC1=O)N2. The summed E-state index contributed by atoms with van der Waals surface area (Å²) in [6, 6.07) is 5.60. The average Bonchev–Trinajstić information content (AvgIpc) is 2.61. The van der Waals surface area contributed by atoms with Gasteiger partial charge in [0.05, 0.1) is 18.5 Å². The van der Waals surface area contributed by atoms with E-state index in [1.54, 1.807) is 14.0 Å². The molecule has 2 N–H and O–H groups in total. The van der Waals surface area contributed by atoms with Gasteiger partial charge in [0.25, 0.3) is 0 Å². The topological polar surface area (TPSA) is 67.4 Å². The van der Waals surface area contributed by atoms with Crippen molar-refractivity contribution in [3.05, 3.63) is 29.5 Å². The highest BCUT2D eigenvalue weighted by molar-refractivity contribution is 6.10. The summed E-state index contributed by atoms with van der Waals surface area (Å²) in [6.07, 6.45) is 2.08. The van der Waals surface area contributed by atoms with Crippen LogP contribution < -0.4 is 15.4 Å². The van der Waals surface area contributed by atoms with E-state index in [-0.39, 0.29) is 11.6 Å². The van der Waals surface area contributed by atoms with E-state index in [9.17, 15) is 9.59 Å². The molecule has 1 atom stereocenters. The number of ether oxygens (including phenoxy) is 1. The lowest BCUT2D eigenvalue weighted by Gasteiger charge is -2.32. The molecule has 5 nitrogen and oxygen atoms in total. The molecule has 1 aromatic rings. The summed E-state index contributed by atoms with van der Waals surface area (Å²) in [6.45, 7) is 3.30. The Morgan fingerprint density at radius 1 is 1.27 bits per heavy atom. The second-order valence-electron chi connectivity index (χ2n) is 5.97. The maximum atomic E-state index is 12.5. The number of carbonyl (C=O) groups is 2. The molecule has 1 unspecified atom stereocenters. The quantitative estimate of drug-likeness (QED) is 0.879. The zero-order chi connectivity index (χ0) is 15.9. The van der Waals surface area contributed by atoms with Crippen LogP contribution in [-0.4, -0.2) is 24.2 Å². The molecule has 2 aliphatic rings. The number of nitrogens with one attached hydrogen (secondary N) is 2. The minimum Gasteiger partial charge on any atom is -0.497 e. The zero-order valence-corrected chi connectivity index (χ0v) is 13.1. The molecule has 0 aromatic heterocycles.